The number of carbonyl (C=O) groups is 1. The van der Waals surface area contributed by atoms with Crippen molar-refractivity contribution in [3.05, 3.63) is 54.9 Å². The van der Waals surface area contributed by atoms with Gasteiger partial charge in [0.15, 0.2) is 0 Å². The Labute approximate surface area is 140 Å². The number of amides is 1. The Bertz CT molecular complexity index is 845. The molecule has 24 heavy (non-hydrogen) atoms. The van der Waals surface area contributed by atoms with Gasteiger partial charge in [-0.3, -0.25) is 4.79 Å². The van der Waals surface area contributed by atoms with Crippen LogP contribution in [0.5, 0.6) is 0 Å². The maximum Gasteiger partial charge on any atom is 0.224 e. The van der Waals surface area contributed by atoms with Gasteiger partial charge in [-0.2, -0.15) is 0 Å². The summed E-state index contributed by atoms with van der Waals surface area (Å²) in [5.41, 5.74) is 2.97. The molecule has 1 atom stereocenters. The van der Waals surface area contributed by atoms with E-state index in [9.17, 15) is 4.79 Å². The maximum absolute atomic E-state index is 12.7. The lowest BCUT2D eigenvalue weighted by Crippen LogP contribution is -2.31. The molecule has 0 radical (unpaired) electrons. The fourth-order valence-electron chi connectivity index (χ4n) is 3.42. The van der Waals surface area contributed by atoms with Gasteiger partial charge in [0.25, 0.3) is 0 Å². The lowest BCUT2D eigenvalue weighted by atomic mass is 10.1. The molecule has 122 valence electrons. The van der Waals surface area contributed by atoms with Gasteiger partial charge in [-0.1, -0.05) is 12.1 Å². The zero-order valence-electron chi connectivity index (χ0n) is 13.4. The molecule has 1 fully saturated rings. The van der Waals surface area contributed by atoms with Crippen LogP contribution in [0.4, 0.5) is 0 Å². The molecular formula is C18H19N5O. The zero-order valence-corrected chi connectivity index (χ0v) is 13.4. The molecule has 3 heterocycles. The summed E-state index contributed by atoms with van der Waals surface area (Å²) in [5.74, 6) is 0.175. The summed E-state index contributed by atoms with van der Waals surface area (Å²) in [5, 5.41) is 0. The van der Waals surface area contributed by atoms with Gasteiger partial charge in [0, 0.05) is 25.7 Å². The first kappa shape index (κ1) is 14.8. The Kier molecular flexibility index (Phi) is 3.94. The molecule has 1 aliphatic rings. The van der Waals surface area contributed by atoms with Crippen molar-refractivity contribution in [1.29, 1.82) is 0 Å². The third-order valence-electron chi connectivity index (χ3n) is 4.61. The number of hydrogen-bond acceptors (Lipinski definition) is 4. The van der Waals surface area contributed by atoms with Crippen molar-refractivity contribution in [1.82, 2.24) is 24.4 Å². The Hall–Kier alpha value is -2.76. The second kappa shape index (κ2) is 6.39. The van der Waals surface area contributed by atoms with Crippen molar-refractivity contribution in [2.24, 2.45) is 0 Å². The molecule has 0 spiro atoms. The number of nitrogens with zero attached hydrogens (tertiary/aromatic N) is 5. The van der Waals surface area contributed by atoms with E-state index in [1.54, 1.807) is 12.5 Å². The van der Waals surface area contributed by atoms with Gasteiger partial charge >= 0.3 is 0 Å². The molecule has 3 aromatic rings. The largest absolute Gasteiger partial charge is 0.334 e. The van der Waals surface area contributed by atoms with Crippen LogP contribution in [-0.2, 0) is 11.3 Å². The number of para-hydroxylation sites is 2. The molecule has 1 amide bonds. The lowest BCUT2D eigenvalue weighted by molar-refractivity contribution is -0.132. The van der Waals surface area contributed by atoms with Crippen LogP contribution >= 0.6 is 0 Å². The highest BCUT2D eigenvalue weighted by molar-refractivity contribution is 5.78. The van der Waals surface area contributed by atoms with Crippen LogP contribution in [0.15, 0.2) is 49.2 Å². The Morgan fingerprint density at radius 1 is 1.21 bits per heavy atom. The maximum atomic E-state index is 12.7. The van der Waals surface area contributed by atoms with Gasteiger partial charge in [0.2, 0.25) is 5.91 Å². The average molecular weight is 321 g/mol. The summed E-state index contributed by atoms with van der Waals surface area (Å²) in [6, 6.07) is 9.97. The predicted octanol–water partition coefficient (Wildman–Crippen LogP) is 2.58. The van der Waals surface area contributed by atoms with Crippen molar-refractivity contribution < 1.29 is 4.79 Å². The predicted molar refractivity (Wildman–Crippen MR) is 90.1 cm³/mol. The molecule has 1 aromatic carbocycles. The number of aromatic nitrogens is 4. The zero-order chi connectivity index (χ0) is 16.4. The van der Waals surface area contributed by atoms with E-state index in [1.807, 2.05) is 46.1 Å². The normalized spacial score (nSPS) is 17.5. The molecule has 0 saturated carbocycles. The lowest BCUT2D eigenvalue weighted by Gasteiger charge is -2.24. The van der Waals surface area contributed by atoms with Gasteiger partial charge in [0.05, 0.1) is 29.1 Å². The summed E-state index contributed by atoms with van der Waals surface area (Å²) in [6.45, 7) is 1.45. The molecule has 1 unspecified atom stereocenters. The molecule has 4 rings (SSSR count). The minimum atomic E-state index is 0.0834. The minimum Gasteiger partial charge on any atom is -0.334 e. The smallest absolute Gasteiger partial charge is 0.224 e. The third-order valence-corrected chi connectivity index (χ3v) is 4.61. The van der Waals surface area contributed by atoms with E-state index in [2.05, 4.69) is 15.0 Å². The quantitative estimate of drug-likeness (QED) is 0.741. The van der Waals surface area contributed by atoms with Crippen LogP contribution in [0.25, 0.3) is 11.0 Å². The first-order valence-electron chi connectivity index (χ1n) is 8.28. The van der Waals surface area contributed by atoms with Crippen LogP contribution < -0.4 is 0 Å². The highest BCUT2D eigenvalue weighted by atomic mass is 16.2. The van der Waals surface area contributed by atoms with Crippen LogP contribution in [0, 0.1) is 0 Å². The van der Waals surface area contributed by atoms with Crippen LogP contribution in [0.3, 0.4) is 0 Å². The minimum absolute atomic E-state index is 0.0834. The standard InChI is InChI=1S/C18H19N5O/c24-18(8-11-22-13-21-14-4-1-2-5-16(14)22)23-10-3-6-17(23)15-7-9-19-12-20-15/h1-2,4-5,7,9,12-13,17H,3,6,8,10-11H2. The second-order valence-electron chi connectivity index (χ2n) is 6.06. The van der Waals surface area contributed by atoms with Gasteiger partial charge in [0.1, 0.15) is 6.33 Å². The number of hydrogen-bond donors (Lipinski definition) is 0. The van der Waals surface area contributed by atoms with E-state index in [0.29, 0.717) is 13.0 Å². The van der Waals surface area contributed by atoms with Gasteiger partial charge < -0.3 is 9.47 Å². The van der Waals surface area contributed by atoms with E-state index < -0.39 is 0 Å². The summed E-state index contributed by atoms with van der Waals surface area (Å²) >= 11 is 0. The monoisotopic (exact) mass is 321 g/mol. The van der Waals surface area contributed by atoms with Gasteiger partial charge in [-0.15, -0.1) is 0 Å². The topological polar surface area (TPSA) is 63.9 Å². The van der Waals surface area contributed by atoms with Crippen molar-refractivity contribution in [2.75, 3.05) is 6.54 Å². The second-order valence-corrected chi connectivity index (χ2v) is 6.06. The summed E-state index contributed by atoms with van der Waals surface area (Å²) in [7, 11) is 0. The van der Waals surface area contributed by atoms with Crippen LogP contribution in [-0.4, -0.2) is 36.9 Å². The number of fused-ring (bicyclic) bond motifs is 1. The molecule has 2 aromatic heterocycles. The fourth-order valence-corrected chi connectivity index (χ4v) is 3.42. The first-order valence-corrected chi connectivity index (χ1v) is 8.28. The number of imidazole rings is 1. The molecule has 0 bridgehead atoms. The number of likely N-dealkylation sites (tertiary alicyclic amines) is 1. The van der Waals surface area contributed by atoms with E-state index in [-0.39, 0.29) is 11.9 Å². The summed E-state index contributed by atoms with van der Waals surface area (Å²) < 4.78 is 2.04. The third kappa shape index (κ3) is 2.75. The van der Waals surface area contributed by atoms with Crippen molar-refractivity contribution in [3.63, 3.8) is 0 Å². The fraction of sp³-hybridized carbons (Fsp3) is 0.333. The summed E-state index contributed by atoms with van der Waals surface area (Å²) in [4.78, 5) is 27.3. The van der Waals surface area contributed by atoms with Crippen molar-refractivity contribution in [3.8, 4) is 0 Å². The van der Waals surface area contributed by atoms with E-state index in [0.717, 1.165) is 36.1 Å². The molecule has 6 heteroatoms. The van der Waals surface area contributed by atoms with Crippen molar-refractivity contribution in [2.45, 2.75) is 31.8 Å². The van der Waals surface area contributed by atoms with E-state index in [4.69, 9.17) is 0 Å². The highest BCUT2D eigenvalue weighted by Crippen LogP contribution is 2.31. The van der Waals surface area contributed by atoms with E-state index in [1.165, 1.54) is 0 Å². The average Bonchev–Trinajstić information content (AvgIpc) is 3.28. The van der Waals surface area contributed by atoms with Gasteiger partial charge in [-0.25, -0.2) is 15.0 Å². The molecule has 0 N–H and O–H groups in total. The number of aryl methyl sites for hydroxylation is 1. The molecule has 0 aliphatic carbocycles. The molecular weight excluding hydrogens is 302 g/mol. The number of rotatable bonds is 4. The summed E-state index contributed by atoms with van der Waals surface area (Å²) in [6.07, 6.45) is 7.56. The molecule has 6 nitrogen and oxygen atoms in total. The van der Waals surface area contributed by atoms with Gasteiger partial charge in [-0.05, 0) is 31.0 Å². The molecule has 1 saturated heterocycles. The highest BCUT2D eigenvalue weighted by Gasteiger charge is 2.30. The van der Waals surface area contributed by atoms with Crippen LogP contribution in [0.1, 0.15) is 31.0 Å². The Morgan fingerprint density at radius 2 is 2.12 bits per heavy atom. The first-order chi connectivity index (χ1) is 11.8. The molecule has 1 aliphatic heterocycles. The Balaban J connectivity index is 1.46. The Morgan fingerprint density at radius 3 is 3.00 bits per heavy atom. The SMILES string of the molecule is O=C(CCn1cnc2ccccc21)N1CCCC1c1ccncn1. The van der Waals surface area contributed by atoms with E-state index >= 15 is 0 Å². The number of carbonyl (C=O) groups excluding carboxylic acids is 1. The number of benzene rings is 1. The van der Waals surface area contributed by atoms with Crippen LogP contribution in [0.2, 0.25) is 0 Å². The van der Waals surface area contributed by atoms with Crippen molar-refractivity contribution >= 4 is 16.9 Å².